The molecule has 0 radical (unpaired) electrons. The van der Waals surface area contributed by atoms with E-state index in [1.807, 2.05) is 42.5 Å². The molecule has 0 saturated carbocycles. The molecule has 0 atom stereocenters. The molecular weight excluding hydrogens is 344 g/mol. The van der Waals surface area contributed by atoms with Crippen molar-refractivity contribution in [1.82, 2.24) is 10.3 Å². The van der Waals surface area contributed by atoms with E-state index in [-0.39, 0.29) is 0 Å². The monoisotopic (exact) mass is 368 g/mol. The number of aromatic nitrogens is 1. The second kappa shape index (κ2) is 8.68. The molecule has 1 aromatic heterocycles. The molecule has 4 rings (SSSR count). The Morgan fingerprint density at radius 1 is 0.750 bits per heavy atom. The fourth-order valence-electron chi connectivity index (χ4n) is 3.33. The van der Waals surface area contributed by atoms with E-state index < -0.39 is 0 Å². The van der Waals surface area contributed by atoms with Crippen molar-refractivity contribution in [2.24, 2.45) is 0 Å². The van der Waals surface area contributed by atoms with Crippen molar-refractivity contribution in [3.63, 3.8) is 0 Å². The maximum Gasteiger partial charge on any atom is 0.133 e. The third-order valence-electron chi connectivity index (χ3n) is 4.87. The molecule has 0 aliphatic heterocycles. The molecule has 0 bridgehead atoms. The molecular formula is C25H24N2O. The number of fused-ring (bicyclic) bond motifs is 1. The van der Waals surface area contributed by atoms with Crippen molar-refractivity contribution in [2.75, 3.05) is 0 Å². The van der Waals surface area contributed by atoms with Gasteiger partial charge in [-0.15, -0.1) is 0 Å². The van der Waals surface area contributed by atoms with Crippen LogP contribution in [0.25, 0.3) is 10.9 Å². The van der Waals surface area contributed by atoms with Gasteiger partial charge in [0.05, 0.1) is 11.2 Å². The summed E-state index contributed by atoms with van der Waals surface area (Å²) in [7, 11) is 0. The molecule has 0 unspecified atom stereocenters. The van der Waals surface area contributed by atoms with Crippen LogP contribution in [0.2, 0.25) is 0 Å². The largest absolute Gasteiger partial charge is 0.488 e. The Labute approximate surface area is 166 Å². The number of benzene rings is 3. The summed E-state index contributed by atoms with van der Waals surface area (Å²) in [6.45, 7) is 4.16. The van der Waals surface area contributed by atoms with Crippen LogP contribution in [0.1, 0.15) is 22.4 Å². The Bertz CT molecular complexity index is 1050. The Morgan fingerprint density at radius 3 is 2.14 bits per heavy atom. The fraction of sp³-hybridized carbons (Fsp3) is 0.160. The standard InChI is InChI=1S/C25H24N2O/c1-19-24(17-26-16-20-10-4-2-5-11-20)27-23-15-9-8-14-22(23)25(19)28-18-21-12-6-3-7-13-21/h2-15,26H,16-18H2,1H3. The maximum absolute atomic E-state index is 6.27. The van der Waals surface area contributed by atoms with Crippen LogP contribution in [0.5, 0.6) is 5.75 Å². The van der Waals surface area contributed by atoms with Crippen LogP contribution in [0.3, 0.4) is 0 Å². The normalized spacial score (nSPS) is 10.9. The highest BCUT2D eigenvalue weighted by Crippen LogP contribution is 2.31. The first kappa shape index (κ1) is 18.2. The molecule has 3 heteroatoms. The highest BCUT2D eigenvalue weighted by atomic mass is 16.5. The first-order valence-electron chi connectivity index (χ1n) is 9.61. The summed E-state index contributed by atoms with van der Waals surface area (Å²) in [5.41, 5.74) is 5.51. The van der Waals surface area contributed by atoms with E-state index in [9.17, 15) is 0 Å². The van der Waals surface area contributed by atoms with E-state index in [1.54, 1.807) is 0 Å². The third-order valence-corrected chi connectivity index (χ3v) is 4.87. The summed E-state index contributed by atoms with van der Waals surface area (Å²) in [6, 6.07) is 28.9. The lowest BCUT2D eigenvalue weighted by atomic mass is 10.1. The molecule has 0 saturated heterocycles. The van der Waals surface area contributed by atoms with E-state index in [4.69, 9.17) is 9.72 Å². The third kappa shape index (κ3) is 4.21. The van der Waals surface area contributed by atoms with Gasteiger partial charge in [0, 0.05) is 24.0 Å². The van der Waals surface area contributed by atoms with Gasteiger partial charge in [-0.2, -0.15) is 0 Å². The van der Waals surface area contributed by atoms with Gasteiger partial charge in [-0.05, 0) is 30.2 Å². The Morgan fingerprint density at radius 2 is 1.39 bits per heavy atom. The van der Waals surface area contributed by atoms with Crippen molar-refractivity contribution in [3.05, 3.63) is 107 Å². The van der Waals surface area contributed by atoms with E-state index in [2.05, 4.69) is 54.7 Å². The average Bonchev–Trinajstić information content (AvgIpc) is 2.75. The predicted octanol–water partition coefficient (Wildman–Crippen LogP) is 5.41. The van der Waals surface area contributed by atoms with Gasteiger partial charge in [0.1, 0.15) is 12.4 Å². The van der Waals surface area contributed by atoms with E-state index >= 15 is 0 Å². The molecule has 1 N–H and O–H groups in total. The number of pyridine rings is 1. The first-order chi connectivity index (χ1) is 13.8. The SMILES string of the molecule is Cc1c(CNCc2ccccc2)nc2ccccc2c1OCc1ccccc1. The quantitative estimate of drug-likeness (QED) is 0.473. The minimum Gasteiger partial charge on any atom is -0.488 e. The summed E-state index contributed by atoms with van der Waals surface area (Å²) in [6.07, 6.45) is 0. The molecule has 0 aliphatic rings. The number of nitrogens with one attached hydrogen (secondary N) is 1. The molecule has 0 amide bonds. The predicted molar refractivity (Wildman–Crippen MR) is 114 cm³/mol. The molecule has 0 fully saturated rings. The van der Waals surface area contributed by atoms with Crippen molar-refractivity contribution in [3.8, 4) is 5.75 Å². The molecule has 3 aromatic carbocycles. The Balaban J connectivity index is 1.57. The molecule has 28 heavy (non-hydrogen) atoms. The topological polar surface area (TPSA) is 34.2 Å². The van der Waals surface area contributed by atoms with E-state index in [0.29, 0.717) is 13.2 Å². The zero-order chi connectivity index (χ0) is 19.2. The average molecular weight is 368 g/mol. The molecule has 4 aromatic rings. The number of para-hydroxylation sites is 1. The van der Waals surface area contributed by atoms with Gasteiger partial charge in [-0.25, -0.2) is 0 Å². The summed E-state index contributed by atoms with van der Waals surface area (Å²) >= 11 is 0. The van der Waals surface area contributed by atoms with Gasteiger partial charge in [0.25, 0.3) is 0 Å². The zero-order valence-electron chi connectivity index (χ0n) is 16.1. The van der Waals surface area contributed by atoms with Crippen LogP contribution in [-0.4, -0.2) is 4.98 Å². The number of hydrogen-bond donors (Lipinski definition) is 1. The molecule has 3 nitrogen and oxygen atoms in total. The molecule has 0 spiro atoms. The Kier molecular flexibility index (Phi) is 5.64. The van der Waals surface area contributed by atoms with Crippen LogP contribution in [-0.2, 0) is 19.7 Å². The van der Waals surface area contributed by atoms with Crippen molar-refractivity contribution >= 4 is 10.9 Å². The summed E-state index contributed by atoms with van der Waals surface area (Å²) < 4.78 is 6.27. The summed E-state index contributed by atoms with van der Waals surface area (Å²) in [5.74, 6) is 0.922. The van der Waals surface area contributed by atoms with Crippen LogP contribution < -0.4 is 10.1 Å². The lowest BCUT2D eigenvalue weighted by molar-refractivity contribution is 0.307. The fourth-order valence-corrected chi connectivity index (χ4v) is 3.33. The van der Waals surface area contributed by atoms with Gasteiger partial charge < -0.3 is 10.1 Å². The van der Waals surface area contributed by atoms with Gasteiger partial charge in [0.15, 0.2) is 0 Å². The van der Waals surface area contributed by atoms with Crippen LogP contribution in [0.15, 0.2) is 84.9 Å². The second-order valence-corrected chi connectivity index (χ2v) is 6.89. The van der Waals surface area contributed by atoms with E-state index in [1.165, 1.54) is 5.56 Å². The van der Waals surface area contributed by atoms with Gasteiger partial charge in [0.2, 0.25) is 0 Å². The van der Waals surface area contributed by atoms with Gasteiger partial charge in [-0.1, -0.05) is 72.8 Å². The smallest absolute Gasteiger partial charge is 0.133 e. The minimum absolute atomic E-state index is 0.548. The highest BCUT2D eigenvalue weighted by molar-refractivity contribution is 5.86. The van der Waals surface area contributed by atoms with Crippen LogP contribution in [0.4, 0.5) is 0 Å². The van der Waals surface area contributed by atoms with Crippen molar-refractivity contribution < 1.29 is 4.74 Å². The molecule has 0 aliphatic carbocycles. The van der Waals surface area contributed by atoms with Crippen LogP contribution in [0, 0.1) is 6.92 Å². The van der Waals surface area contributed by atoms with Crippen molar-refractivity contribution in [2.45, 2.75) is 26.6 Å². The Hall–Kier alpha value is -3.17. The highest BCUT2D eigenvalue weighted by Gasteiger charge is 2.13. The first-order valence-corrected chi connectivity index (χ1v) is 9.61. The molecule has 1 heterocycles. The van der Waals surface area contributed by atoms with Crippen LogP contribution >= 0.6 is 0 Å². The molecule has 140 valence electrons. The van der Waals surface area contributed by atoms with E-state index in [0.717, 1.165) is 40.0 Å². The number of rotatable bonds is 7. The van der Waals surface area contributed by atoms with Gasteiger partial charge in [-0.3, -0.25) is 4.98 Å². The number of ether oxygens (including phenoxy) is 1. The lowest BCUT2D eigenvalue weighted by Gasteiger charge is -2.16. The minimum atomic E-state index is 0.548. The second-order valence-electron chi connectivity index (χ2n) is 6.89. The van der Waals surface area contributed by atoms with Crippen molar-refractivity contribution in [1.29, 1.82) is 0 Å². The zero-order valence-corrected chi connectivity index (χ0v) is 16.1. The maximum atomic E-state index is 6.27. The lowest BCUT2D eigenvalue weighted by Crippen LogP contribution is -2.15. The summed E-state index contributed by atoms with van der Waals surface area (Å²) in [4.78, 5) is 4.88. The number of nitrogens with zero attached hydrogens (tertiary/aromatic N) is 1. The summed E-state index contributed by atoms with van der Waals surface area (Å²) in [5, 5.41) is 4.56. The van der Waals surface area contributed by atoms with Gasteiger partial charge >= 0.3 is 0 Å². The number of hydrogen-bond acceptors (Lipinski definition) is 3.